The predicted octanol–water partition coefficient (Wildman–Crippen LogP) is 1.53. The largest absolute Gasteiger partial charge is 0.481 e. The Bertz CT molecular complexity index is 740. The smallest absolute Gasteiger partial charge is 0.340 e. The number of nitrogens with one attached hydrogen (secondary N) is 1. The van der Waals surface area contributed by atoms with Crippen molar-refractivity contribution in [2.24, 2.45) is 5.92 Å². The molecule has 132 valence electrons. The molecule has 0 aromatic heterocycles. The minimum absolute atomic E-state index is 0.298. The summed E-state index contributed by atoms with van der Waals surface area (Å²) >= 11 is 0. The first-order valence-corrected chi connectivity index (χ1v) is 8.86. The Morgan fingerprint density at radius 3 is 2.38 bits per heavy atom. The Hall–Kier alpha value is -2.00. The Kier molecular flexibility index (Phi) is 5.55. The van der Waals surface area contributed by atoms with Gasteiger partial charge < -0.3 is 9.84 Å². The van der Waals surface area contributed by atoms with Crippen molar-refractivity contribution >= 4 is 22.0 Å². The van der Waals surface area contributed by atoms with Crippen molar-refractivity contribution in [3.05, 3.63) is 29.6 Å². The highest BCUT2D eigenvalue weighted by atomic mass is 32.2. The summed E-state index contributed by atoms with van der Waals surface area (Å²) in [5.41, 5.74) is -0.349. The third-order valence-electron chi connectivity index (χ3n) is 4.05. The maximum Gasteiger partial charge on any atom is 0.340 e. The van der Waals surface area contributed by atoms with Crippen LogP contribution in [0.4, 0.5) is 4.39 Å². The molecule has 0 aliphatic heterocycles. The first-order chi connectivity index (χ1) is 11.2. The molecule has 0 heterocycles. The third kappa shape index (κ3) is 4.09. The van der Waals surface area contributed by atoms with Crippen molar-refractivity contribution in [1.29, 1.82) is 0 Å². The number of sulfonamides is 1. The topological polar surface area (TPSA) is 110 Å². The van der Waals surface area contributed by atoms with Crippen LogP contribution in [-0.2, 0) is 19.6 Å². The van der Waals surface area contributed by atoms with Crippen LogP contribution in [0.2, 0.25) is 0 Å². The fourth-order valence-electron chi connectivity index (χ4n) is 2.68. The van der Waals surface area contributed by atoms with E-state index in [1.165, 1.54) is 0 Å². The summed E-state index contributed by atoms with van der Waals surface area (Å²) in [5.74, 6) is -3.21. The number of hydrogen-bond acceptors (Lipinski definition) is 5. The Labute approximate surface area is 138 Å². The highest BCUT2D eigenvalue weighted by Crippen LogP contribution is 2.26. The number of methoxy groups -OCH3 is 1. The lowest BCUT2D eigenvalue weighted by molar-refractivity contribution is -0.142. The molecule has 2 rings (SSSR count). The maximum atomic E-state index is 13.9. The molecule has 0 unspecified atom stereocenters. The minimum Gasteiger partial charge on any atom is -0.481 e. The molecule has 0 spiro atoms. The van der Waals surface area contributed by atoms with Gasteiger partial charge in [-0.2, -0.15) is 0 Å². The van der Waals surface area contributed by atoms with Crippen LogP contribution in [0.25, 0.3) is 0 Å². The van der Waals surface area contributed by atoms with Gasteiger partial charge in [0.15, 0.2) is 0 Å². The van der Waals surface area contributed by atoms with Gasteiger partial charge in [0.1, 0.15) is 5.82 Å². The molecular weight excluding hydrogens is 341 g/mol. The van der Waals surface area contributed by atoms with E-state index < -0.39 is 39.7 Å². The zero-order valence-electron chi connectivity index (χ0n) is 13.0. The molecule has 1 aliphatic rings. The van der Waals surface area contributed by atoms with E-state index in [9.17, 15) is 22.4 Å². The van der Waals surface area contributed by atoms with Crippen molar-refractivity contribution in [3.63, 3.8) is 0 Å². The summed E-state index contributed by atoms with van der Waals surface area (Å²) < 4.78 is 45.4. The number of ether oxygens (including phenoxy) is 1. The third-order valence-corrected chi connectivity index (χ3v) is 5.57. The van der Waals surface area contributed by atoms with Crippen LogP contribution in [0.15, 0.2) is 23.1 Å². The quantitative estimate of drug-likeness (QED) is 0.772. The summed E-state index contributed by atoms with van der Waals surface area (Å²) in [6.45, 7) is 0. The normalized spacial score (nSPS) is 21.2. The number of benzene rings is 1. The zero-order chi connectivity index (χ0) is 17.9. The second-order valence-corrected chi connectivity index (χ2v) is 7.36. The summed E-state index contributed by atoms with van der Waals surface area (Å²) in [7, 11) is -2.86. The number of carbonyl (C=O) groups is 2. The minimum atomic E-state index is -3.96. The monoisotopic (exact) mass is 359 g/mol. The summed E-state index contributed by atoms with van der Waals surface area (Å²) in [5, 5.41) is 8.94. The van der Waals surface area contributed by atoms with Crippen molar-refractivity contribution in [1.82, 2.24) is 4.72 Å². The molecule has 1 aromatic rings. The number of halogens is 1. The van der Waals surface area contributed by atoms with Crippen LogP contribution in [-0.4, -0.2) is 38.6 Å². The maximum absolute atomic E-state index is 13.9. The highest BCUT2D eigenvalue weighted by molar-refractivity contribution is 7.89. The van der Waals surface area contributed by atoms with Gasteiger partial charge in [-0.15, -0.1) is 0 Å². The van der Waals surface area contributed by atoms with Crippen LogP contribution in [0.1, 0.15) is 36.0 Å². The number of carboxylic acid groups (broad SMARTS) is 1. The lowest BCUT2D eigenvalue weighted by Crippen LogP contribution is -2.38. The molecule has 0 saturated heterocycles. The molecule has 2 N–H and O–H groups in total. The van der Waals surface area contributed by atoms with Crippen molar-refractivity contribution in [2.75, 3.05) is 7.11 Å². The van der Waals surface area contributed by atoms with E-state index in [0.717, 1.165) is 25.3 Å². The zero-order valence-corrected chi connectivity index (χ0v) is 13.8. The summed E-state index contributed by atoms with van der Waals surface area (Å²) in [6, 6.07) is 2.55. The lowest BCUT2D eigenvalue weighted by atomic mass is 9.87. The number of carboxylic acids is 1. The summed E-state index contributed by atoms with van der Waals surface area (Å²) in [6.07, 6.45) is 1.58. The van der Waals surface area contributed by atoms with E-state index in [1.54, 1.807) is 0 Å². The Morgan fingerprint density at radius 1 is 1.25 bits per heavy atom. The lowest BCUT2D eigenvalue weighted by Gasteiger charge is -2.26. The average molecular weight is 359 g/mol. The first-order valence-electron chi connectivity index (χ1n) is 7.37. The van der Waals surface area contributed by atoms with Gasteiger partial charge >= 0.3 is 11.9 Å². The molecule has 1 aromatic carbocycles. The van der Waals surface area contributed by atoms with Crippen LogP contribution in [0, 0.1) is 11.7 Å². The van der Waals surface area contributed by atoms with E-state index in [0.29, 0.717) is 25.7 Å². The second kappa shape index (κ2) is 7.27. The van der Waals surface area contributed by atoms with Crippen molar-refractivity contribution in [3.8, 4) is 0 Å². The SMILES string of the molecule is COC(=O)c1ccc(S(=O)(=O)NC2CCC(C(=O)O)CC2)cc1F. The van der Waals surface area contributed by atoms with Gasteiger partial charge in [-0.3, -0.25) is 4.79 Å². The number of carbonyl (C=O) groups excluding carboxylic acids is 1. The molecular formula is C15H18FNO6S. The molecule has 7 nitrogen and oxygen atoms in total. The fourth-order valence-corrected chi connectivity index (χ4v) is 4.00. The molecule has 0 bridgehead atoms. The van der Waals surface area contributed by atoms with Gasteiger partial charge in [0.25, 0.3) is 0 Å². The Balaban J connectivity index is 2.10. The standard InChI is InChI=1S/C15H18FNO6S/c1-23-15(20)12-7-6-11(8-13(12)16)24(21,22)17-10-4-2-9(3-5-10)14(18)19/h6-10,17H,2-5H2,1H3,(H,18,19). The van der Waals surface area contributed by atoms with Gasteiger partial charge in [-0.05, 0) is 43.9 Å². The molecule has 0 radical (unpaired) electrons. The van der Waals surface area contributed by atoms with Crippen LogP contribution < -0.4 is 4.72 Å². The van der Waals surface area contributed by atoms with Crippen LogP contribution in [0.3, 0.4) is 0 Å². The molecule has 24 heavy (non-hydrogen) atoms. The number of rotatable bonds is 5. The van der Waals surface area contributed by atoms with Crippen molar-refractivity contribution < 1.29 is 32.2 Å². The van der Waals surface area contributed by atoms with E-state index in [1.807, 2.05) is 0 Å². The molecule has 1 fully saturated rings. The van der Waals surface area contributed by atoms with E-state index >= 15 is 0 Å². The van der Waals surface area contributed by atoms with Gasteiger partial charge in [-0.1, -0.05) is 0 Å². The van der Waals surface area contributed by atoms with Gasteiger partial charge in [0.2, 0.25) is 10.0 Å². The van der Waals surface area contributed by atoms with Crippen LogP contribution >= 0.6 is 0 Å². The number of esters is 1. The van der Waals surface area contributed by atoms with Crippen molar-refractivity contribution in [2.45, 2.75) is 36.6 Å². The van der Waals surface area contributed by atoms with E-state index in [-0.39, 0.29) is 10.5 Å². The van der Waals surface area contributed by atoms with Gasteiger partial charge in [0, 0.05) is 6.04 Å². The molecule has 9 heteroatoms. The Morgan fingerprint density at radius 2 is 1.88 bits per heavy atom. The molecule has 1 aliphatic carbocycles. The van der Waals surface area contributed by atoms with Crippen LogP contribution in [0.5, 0.6) is 0 Å². The number of aliphatic carboxylic acids is 1. The highest BCUT2D eigenvalue weighted by Gasteiger charge is 2.29. The molecule has 0 atom stereocenters. The molecule has 0 amide bonds. The second-order valence-electron chi connectivity index (χ2n) is 5.64. The fraction of sp³-hybridized carbons (Fsp3) is 0.467. The first kappa shape index (κ1) is 18.3. The number of hydrogen-bond donors (Lipinski definition) is 2. The average Bonchev–Trinajstić information content (AvgIpc) is 2.54. The summed E-state index contributed by atoms with van der Waals surface area (Å²) in [4.78, 5) is 21.9. The molecule has 1 saturated carbocycles. The predicted molar refractivity (Wildman–Crippen MR) is 81.4 cm³/mol. The van der Waals surface area contributed by atoms with Gasteiger partial charge in [0.05, 0.1) is 23.5 Å². The van der Waals surface area contributed by atoms with E-state index in [2.05, 4.69) is 9.46 Å². The van der Waals surface area contributed by atoms with Gasteiger partial charge in [-0.25, -0.2) is 22.3 Å². The van der Waals surface area contributed by atoms with E-state index in [4.69, 9.17) is 5.11 Å².